The molecule has 1 aromatic heterocycles. The van der Waals surface area contributed by atoms with Gasteiger partial charge < -0.3 is 5.32 Å². The average molecular weight is 195 g/mol. The van der Waals surface area contributed by atoms with Crippen LogP contribution in [0.1, 0.15) is 19.4 Å². The molecule has 0 saturated heterocycles. The highest BCUT2D eigenvalue weighted by molar-refractivity contribution is 5.77. The van der Waals surface area contributed by atoms with E-state index in [1.165, 1.54) is 0 Å². The molecular formula is C10H17N3O. The maximum absolute atomic E-state index is 11.2. The summed E-state index contributed by atoms with van der Waals surface area (Å²) < 4.78 is 1.83. The van der Waals surface area contributed by atoms with Crippen LogP contribution in [0.15, 0.2) is 12.4 Å². The Bertz CT molecular complexity index is 304. The zero-order valence-electron chi connectivity index (χ0n) is 8.95. The number of hydrogen-bond acceptors (Lipinski definition) is 2. The van der Waals surface area contributed by atoms with Crippen molar-refractivity contribution < 1.29 is 4.79 Å². The molecule has 0 unspecified atom stereocenters. The summed E-state index contributed by atoms with van der Waals surface area (Å²) in [5.74, 6) is 0.142. The molecule has 0 saturated carbocycles. The van der Waals surface area contributed by atoms with Gasteiger partial charge in [0.15, 0.2) is 0 Å². The van der Waals surface area contributed by atoms with E-state index in [9.17, 15) is 4.79 Å². The highest BCUT2D eigenvalue weighted by atomic mass is 16.1. The van der Waals surface area contributed by atoms with Crippen molar-refractivity contribution in [3.8, 4) is 0 Å². The predicted octanol–water partition coefficient (Wildman–Crippen LogP) is 0.964. The first-order valence-corrected chi connectivity index (χ1v) is 4.86. The highest BCUT2D eigenvalue weighted by Crippen LogP contribution is 1.94. The quantitative estimate of drug-likeness (QED) is 0.778. The number of hydrogen-bond donors (Lipinski definition) is 1. The zero-order chi connectivity index (χ0) is 10.6. The van der Waals surface area contributed by atoms with Crippen LogP contribution >= 0.6 is 0 Å². The number of rotatable bonds is 4. The Morgan fingerprint density at radius 1 is 1.64 bits per heavy atom. The maximum atomic E-state index is 11.2. The highest BCUT2D eigenvalue weighted by Gasteiger charge is 2.04. The summed E-state index contributed by atoms with van der Waals surface area (Å²) in [7, 11) is 0. The lowest BCUT2D eigenvalue weighted by Crippen LogP contribution is -2.30. The fourth-order valence-electron chi connectivity index (χ4n) is 1.09. The molecule has 1 rings (SSSR count). The van der Waals surface area contributed by atoms with Gasteiger partial charge in [-0.2, -0.15) is 5.10 Å². The molecular weight excluding hydrogens is 178 g/mol. The second kappa shape index (κ2) is 4.79. The monoisotopic (exact) mass is 195 g/mol. The minimum Gasteiger partial charge on any atom is -0.354 e. The first-order valence-electron chi connectivity index (χ1n) is 4.86. The Kier molecular flexibility index (Phi) is 3.68. The number of carbonyl (C=O) groups is 1. The van der Waals surface area contributed by atoms with E-state index in [-0.39, 0.29) is 11.8 Å². The molecule has 0 aliphatic heterocycles. The Balaban J connectivity index is 2.25. The molecule has 0 fully saturated rings. The number of aryl methyl sites for hydroxylation is 1. The lowest BCUT2D eigenvalue weighted by atomic mass is 10.2. The van der Waals surface area contributed by atoms with Gasteiger partial charge in [-0.05, 0) is 12.5 Å². The van der Waals surface area contributed by atoms with Crippen LogP contribution in [-0.4, -0.2) is 22.2 Å². The summed E-state index contributed by atoms with van der Waals surface area (Å²) >= 11 is 0. The molecule has 0 spiro atoms. The van der Waals surface area contributed by atoms with E-state index in [4.69, 9.17) is 0 Å². The summed E-state index contributed by atoms with van der Waals surface area (Å²) in [4.78, 5) is 11.2. The van der Waals surface area contributed by atoms with E-state index < -0.39 is 0 Å². The van der Waals surface area contributed by atoms with Crippen LogP contribution in [-0.2, 0) is 11.3 Å². The molecule has 0 aromatic carbocycles. The van der Waals surface area contributed by atoms with E-state index in [1.54, 1.807) is 0 Å². The van der Waals surface area contributed by atoms with E-state index in [0.29, 0.717) is 6.54 Å². The van der Waals surface area contributed by atoms with Crippen molar-refractivity contribution in [1.82, 2.24) is 15.1 Å². The molecule has 14 heavy (non-hydrogen) atoms. The van der Waals surface area contributed by atoms with E-state index in [1.807, 2.05) is 37.8 Å². The Hall–Kier alpha value is -1.32. The first kappa shape index (κ1) is 10.8. The Labute approximate surface area is 84.3 Å². The second-order valence-corrected chi connectivity index (χ2v) is 3.73. The number of aromatic nitrogens is 2. The standard InChI is InChI=1S/C10H17N3O/c1-8(2)10(14)11-4-5-13-7-9(3)6-12-13/h6-8H,4-5H2,1-3H3,(H,11,14). The molecule has 4 nitrogen and oxygen atoms in total. The van der Waals surface area contributed by atoms with Crippen molar-refractivity contribution in [1.29, 1.82) is 0 Å². The molecule has 0 bridgehead atoms. The maximum Gasteiger partial charge on any atom is 0.222 e. The summed E-state index contributed by atoms with van der Waals surface area (Å²) in [5.41, 5.74) is 1.14. The number of amides is 1. The van der Waals surface area contributed by atoms with Gasteiger partial charge >= 0.3 is 0 Å². The van der Waals surface area contributed by atoms with Crippen LogP contribution in [0.5, 0.6) is 0 Å². The number of nitrogens with zero attached hydrogens (tertiary/aromatic N) is 2. The Morgan fingerprint density at radius 3 is 2.86 bits per heavy atom. The lowest BCUT2D eigenvalue weighted by Gasteiger charge is -2.07. The van der Waals surface area contributed by atoms with Gasteiger partial charge in [-0.15, -0.1) is 0 Å². The summed E-state index contributed by atoms with van der Waals surface area (Å²) in [6, 6.07) is 0. The largest absolute Gasteiger partial charge is 0.354 e. The second-order valence-electron chi connectivity index (χ2n) is 3.73. The molecule has 1 aromatic rings. The van der Waals surface area contributed by atoms with Gasteiger partial charge in [-0.25, -0.2) is 0 Å². The van der Waals surface area contributed by atoms with Crippen LogP contribution in [0.2, 0.25) is 0 Å². The normalized spacial score (nSPS) is 10.6. The molecule has 0 aliphatic rings. The van der Waals surface area contributed by atoms with Crippen LogP contribution in [0.4, 0.5) is 0 Å². The van der Waals surface area contributed by atoms with E-state index >= 15 is 0 Å². The van der Waals surface area contributed by atoms with E-state index in [0.717, 1.165) is 12.1 Å². The molecule has 4 heteroatoms. The van der Waals surface area contributed by atoms with Crippen molar-refractivity contribution in [2.45, 2.75) is 27.3 Å². The van der Waals surface area contributed by atoms with Gasteiger partial charge in [-0.1, -0.05) is 13.8 Å². The molecule has 1 N–H and O–H groups in total. The third kappa shape index (κ3) is 3.20. The molecule has 0 radical (unpaired) electrons. The number of carbonyl (C=O) groups excluding carboxylic acids is 1. The topological polar surface area (TPSA) is 46.9 Å². The lowest BCUT2D eigenvalue weighted by molar-refractivity contribution is -0.124. The zero-order valence-corrected chi connectivity index (χ0v) is 8.95. The van der Waals surface area contributed by atoms with Gasteiger partial charge in [0.1, 0.15) is 0 Å². The van der Waals surface area contributed by atoms with Crippen LogP contribution < -0.4 is 5.32 Å². The number of nitrogens with one attached hydrogen (secondary N) is 1. The molecule has 78 valence electrons. The fraction of sp³-hybridized carbons (Fsp3) is 0.600. The molecule has 0 atom stereocenters. The van der Waals surface area contributed by atoms with Crippen molar-refractivity contribution in [2.24, 2.45) is 5.92 Å². The van der Waals surface area contributed by atoms with Crippen molar-refractivity contribution >= 4 is 5.91 Å². The third-order valence-corrected chi connectivity index (χ3v) is 1.93. The van der Waals surface area contributed by atoms with Crippen molar-refractivity contribution in [3.63, 3.8) is 0 Å². The Morgan fingerprint density at radius 2 is 2.36 bits per heavy atom. The van der Waals surface area contributed by atoms with Gasteiger partial charge in [0.05, 0.1) is 12.7 Å². The fourth-order valence-corrected chi connectivity index (χ4v) is 1.09. The van der Waals surface area contributed by atoms with Crippen LogP contribution in [0.3, 0.4) is 0 Å². The molecule has 1 amide bonds. The van der Waals surface area contributed by atoms with E-state index in [2.05, 4.69) is 10.4 Å². The summed E-state index contributed by atoms with van der Waals surface area (Å²) in [6.07, 6.45) is 3.77. The average Bonchev–Trinajstić information content (AvgIpc) is 2.51. The van der Waals surface area contributed by atoms with Gasteiger partial charge in [-0.3, -0.25) is 9.48 Å². The van der Waals surface area contributed by atoms with Gasteiger partial charge in [0.2, 0.25) is 5.91 Å². The summed E-state index contributed by atoms with van der Waals surface area (Å²) in [5, 5.41) is 6.96. The smallest absolute Gasteiger partial charge is 0.222 e. The van der Waals surface area contributed by atoms with Crippen LogP contribution in [0.25, 0.3) is 0 Å². The molecule has 0 aliphatic carbocycles. The van der Waals surface area contributed by atoms with Crippen LogP contribution in [0, 0.1) is 12.8 Å². The predicted molar refractivity (Wildman–Crippen MR) is 54.8 cm³/mol. The third-order valence-electron chi connectivity index (χ3n) is 1.93. The van der Waals surface area contributed by atoms with Gasteiger partial charge in [0.25, 0.3) is 0 Å². The first-order chi connectivity index (χ1) is 6.59. The minimum atomic E-state index is 0.0503. The van der Waals surface area contributed by atoms with Crippen molar-refractivity contribution in [2.75, 3.05) is 6.54 Å². The molecule has 1 heterocycles. The van der Waals surface area contributed by atoms with Crippen molar-refractivity contribution in [3.05, 3.63) is 18.0 Å². The SMILES string of the molecule is Cc1cnn(CCNC(=O)C(C)C)c1. The summed E-state index contributed by atoms with van der Waals surface area (Å²) in [6.45, 7) is 7.13. The van der Waals surface area contributed by atoms with Gasteiger partial charge in [0, 0.05) is 18.7 Å². The minimum absolute atomic E-state index is 0.0503.